The first kappa shape index (κ1) is 14.0. The van der Waals surface area contributed by atoms with Crippen molar-refractivity contribution in [1.29, 1.82) is 0 Å². The Kier molecular flexibility index (Phi) is 4.70. The fourth-order valence-electron chi connectivity index (χ4n) is 1.49. The Balaban J connectivity index is 2.91. The summed E-state index contributed by atoms with van der Waals surface area (Å²) in [5.41, 5.74) is 0. The number of rotatable bonds is 3. The number of hydrogen-bond acceptors (Lipinski definition) is 7. The summed E-state index contributed by atoms with van der Waals surface area (Å²) in [5, 5.41) is 0. The molecule has 1 aliphatic rings. The first-order valence-electron chi connectivity index (χ1n) is 5.20. The predicted molar refractivity (Wildman–Crippen MR) is 57.1 cm³/mol. The minimum Gasteiger partial charge on any atom is -0.482 e. The van der Waals surface area contributed by atoms with Gasteiger partial charge in [0.05, 0.1) is 13.4 Å². The molecule has 7 heteroatoms. The fraction of sp³-hybridized carbons (Fsp3) is 0.545. The van der Waals surface area contributed by atoms with Gasteiger partial charge >= 0.3 is 17.9 Å². The molecule has 0 radical (unpaired) electrons. The average Bonchev–Trinajstić information content (AvgIpc) is 2.29. The Labute approximate surface area is 104 Å². The van der Waals surface area contributed by atoms with E-state index in [1.54, 1.807) is 0 Å². The molecule has 1 aliphatic heterocycles. The lowest BCUT2D eigenvalue weighted by Crippen LogP contribution is -2.49. The highest BCUT2D eigenvalue weighted by molar-refractivity contribution is 5.77. The smallest absolute Gasteiger partial charge is 0.351 e. The summed E-state index contributed by atoms with van der Waals surface area (Å²) in [6.45, 7) is 2.39. The molecule has 0 bridgehead atoms. The molecule has 0 amide bonds. The second-order valence-electron chi connectivity index (χ2n) is 3.56. The minimum absolute atomic E-state index is 0.563. The van der Waals surface area contributed by atoms with E-state index >= 15 is 0 Å². The second-order valence-corrected chi connectivity index (χ2v) is 3.56. The highest BCUT2D eigenvalue weighted by Crippen LogP contribution is 2.20. The van der Waals surface area contributed by atoms with Crippen molar-refractivity contribution in [2.24, 2.45) is 0 Å². The Morgan fingerprint density at radius 3 is 2.22 bits per heavy atom. The van der Waals surface area contributed by atoms with E-state index in [-0.39, 0.29) is 0 Å². The molecule has 2 unspecified atom stereocenters. The molecule has 0 spiro atoms. The summed E-state index contributed by atoms with van der Waals surface area (Å²) in [5.74, 6) is -1.90. The molecule has 0 aromatic heterocycles. The monoisotopic (exact) mass is 258 g/mol. The van der Waals surface area contributed by atoms with Crippen molar-refractivity contribution in [2.45, 2.75) is 32.2 Å². The van der Waals surface area contributed by atoms with Crippen molar-refractivity contribution in [1.82, 2.24) is 0 Å². The Bertz CT molecular complexity index is 374. The van der Waals surface area contributed by atoms with Crippen LogP contribution < -0.4 is 0 Å². The molecule has 0 fully saturated rings. The van der Waals surface area contributed by atoms with E-state index in [0.29, 0.717) is 0 Å². The van der Waals surface area contributed by atoms with Crippen LogP contribution in [0.15, 0.2) is 12.3 Å². The van der Waals surface area contributed by atoms with Gasteiger partial charge in [0.2, 0.25) is 6.10 Å². The lowest BCUT2D eigenvalue weighted by atomic mass is 10.1. The van der Waals surface area contributed by atoms with Crippen LogP contribution in [0.4, 0.5) is 0 Å². The average molecular weight is 258 g/mol. The molecule has 0 N–H and O–H groups in total. The summed E-state index contributed by atoms with van der Waals surface area (Å²) in [4.78, 5) is 33.4. The third-order valence-electron chi connectivity index (χ3n) is 2.15. The maximum Gasteiger partial charge on any atom is 0.351 e. The normalized spacial score (nSPS) is 25.8. The lowest BCUT2D eigenvalue weighted by molar-refractivity contribution is -0.183. The number of ether oxygens (including phenoxy) is 4. The van der Waals surface area contributed by atoms with Gasteiger partial charge in [-0.3, -0.25) is 9.59 Å². The van der Waals surface area contributed by atoms with E-state index in [0.717, 1.165) is 0 Å². The predicted octanol–water partition coefficient (Wildman–Crippen LogP) is -0.0647. The Hall–Kier alpha value is -2.05. The zero-order chi connectivity index (χ0) is 13.7. The molecular weight excluding hydrogens is 244 g/mol. The van der Waals surface area contributed by atoms with Gasteiger partial charge < -0.3 is 18.9 Å². The van der Waals surface area contributed by atoms with E-state index in [1.165, 1.54) is 33.3 Å². The van der Waals surface area contributed by atoms with Gasteiger partial charge in [0, 0.05) is 13.8 Å². The minimum atomic E-state index is -1.16. The van der Waals surface area contributed by atoms with Crippen molar-refractivity contribution in [3.8, 4) is 0 Å². The number of esters is 3. The number of carbonyl (C=O) groups excluding carboxylic acids is 3. The van der Waals surface area contributed by atoms with Gasteiger partial charge in [0.1, 0.15) is 0 Å². The van der Waals surface area contributed by atoms with Crippen molar-refractivity contribution in [3.63, 3.8) is 0 Å². The van der Waals surface area contributed by atoms with Crippen LogP contribution in [0.1, 0.15) is 13.8 Å². The van der Waals surface area contributed by atoms with Gasteiger partial charge in [-0.25, -0.2) is 4.79 Å². The van der Waals surface area contributed by atoms with Gasteiger partial charge in [-0.2, -0.15) is 0 Å². The van der Waals surface area contributed by atoms with Gasteiger partial charge in [-0.05, 0) is 6.08 Å². The molecule has 100 valence electrons. The Morgan fingerprint density at radius 1 is 1.11 bits per heavy atom. The van der Waals surface area contributed by atoms with E-state index in [9.17, 15) is 14.4 Å². The SMILES string of the molecule is COC(=O)C1OC=CC(OC(C)=O)[C@@H]1OC(C)=O. The number of hydrogen-bond donors (Lipinski definition) is 0. The zero-order valence-electron chi connectivity index (χ0n) is 10.2. The van der Waals surface area contributed by atoms with Gasteiger partial charge in [-0.15, -0.1) is 0 Å². The zero-order valence-corrected chi connectivity index (χ0v) is 10.2. The molecular formula is C11H14O7. The molecule has 18 heavy (non-hydrogen) atoms. The maximum atomic E-state index is 11.5. The van der Waals surface area contributed by atoms with Crippen LogP contribution in [0.5, 0.6) is 0 Å². The van der Waals surface area contributed by atoms with E-state index in [2.05, 4.69) is 4.74 Å². The van der Waals surface area contributed by atoms with E-state index in [4.69, 9.17) is 14.2 Å². The third kappa shape index (κ3) is 3.47. The first-order chi connectivity index (χ1) is 8.45. The van der Waals surface area contributed by atoms with Crippen LogP contribution >= 0.6 is 0 Å². The number of carbonyl (C=O) groups is 3. The van der Waals surface area contributed by atoms with Crippen LogP contribution in [0.2, 0.25) is 0 Å². The van der Waals surface area contributed by atoms with Crippen molar-refractivity contribution >= 4 is 17.9 Å². The number of methoxy groups -OCH3 is 1. The fourth-order valence-corrected chi connectivity index (χ4v) is 1.49. The lowest BCUT2D eigenvalue weighted by Gasteiger charge is -2.31. The van der Waals surface area contributed by atoms with Gasteiger partial charge in [0.25, 0.3) is 0 Å². The maximum absolute atomic E-state index is 11.5. The summed E-state index contributed by atoms with van der Waals surface area (Å²) in [7, 11) is 1.18. The summed E-state index contributed by atoms with van der Waals surface area (Å²) in [6, 6.07) is 0. The standard InChI is InChI=1S/C11H14O7/c1-6(12)17-8-4-5-16-10(11(14)15-3)9(8)18-7(2)13/h4-5,8-10H,1-3H3/t8?,9-,10?/m0/s1. The molecule has 1 rings (SSSR count). The van der Waals surface area contributed by atoms with Crippen molar-refractivity contribution < 1.29 is 33.3 Å². The van der Waals surface area contributed by atoms with Crippen LogP contribution in [0.25, 0.3) is 0 Å². The van der Waals surface area contributed by atoms with Crippen LogP contribution in [-0.2, 0) is 33.3 Å². The summed E-state index contributed by atoms with van der Waals surface area (Å²) < 4.78 is 19.4. The summed E-state index contributed by atoms with van der Waals surface area (Å²) >= 11 is 0. The largest absolute Gasteiger partial charge is 0.482 e. The van der Waals surface area contributed by atoms with Gasteiger partial charge in [-0.1, -0.05) is 0 Å². The van der Waals surface area contributed by atoms with Gasteiger partial charge in [0.15, 0.2) is 12.2 Å². The summed E-state index contributed by atoms with van der Waals surface area (Å²) in [6.07, 6.45) is -0.523. The second kappa shape index (κ2) is 6.04. The van der Waals surface area contributed by atoms with Crippen LogP contribution in [0.3, 0.4) is 0 Å². The molecule has 3 atom stereocenters. The quantitative estimate of drug-likeness (QED) is 0.517. The highest BCUT2D eigenvalue weighted by Gasteiger charge is 2.42. The van der Waals surface area contributed by atoms with Crippen molar-refractivity contribution in [2.75, 3.05) is 7.11 Å². The van der Waals surface area contributed by atoms with Crippen LogP contribution in [-0.4, -0.2) is 43.3 Å². The molecule has 0 aromatic rings. The highest BCUT2D eigenvalue weighted by atomic mass is 16.6. The van der Waals surface area contributed by atoms with E-state index < -0.39 is 36.2 Å². The molecule has 7 nitrogen and oxygen atoms in total. The third-order valence-corrected chi connectivity index (χ3v) is 2.15. The first-order valence-corrected chi connectivity index (χ1v) is 5.20. The Morgan fingerprint density at radius 2 is 1.72 bits per heavy atom. The molecule has 0 aromatic carbocycles. The van der Waals surface area contributed by atoms with E-state index in [1.807, 2.05) is 0 Å². The molecule has 0 aliphatic carbocycles. The molecule has 1 heterocycles. The molecule has 0 saturated heterocycles. The van der Waals surface area contributed by atoms with Crippen LogP contribution in [0, 0.1) is 0 Å². The topological polar surface area (TPSA) is 88.1 Å². The van der Waals surface area contributed by atoms with Crippen molar-refractivity contribution in [3.05, 3.63) is 12.3 Å². The molecule has 0 saturated carbocycles.